The number of aryl methyl sites for hydroxylation is 4. The van der Waals surface area contributed by atoms with Gasteiger partial charge in [0, 0.05) is 32.1 Å². The lowest BCUT2D eigenvalue weighted by molar-refractivity contribution is 0.656. The number of halogens is 1. The van der Waals surface area contributed by atoms with E-state index in [4.69, 9.17) is 16.6 Å². The molecule has 0 aliphatic carbocycles. The Hall–Kier alpha value is -2.74. The van der Waals surface area contributed by atoms with Crippen LogP contribution in [-0.4, -0.2) is 39.3 Å². The zero-order chi connectivity index (χ0) is 17.7. The first-order valence-corrected chi connectivity index (χ1v) is 8.30. The van der Waals surface area contributed by atoms with Gasteiger partial charge in [-0.05, 0) is 19.9 Å². The zero-order valence-electron chi connectivity index (χ0n) is 14.4. The summed E-state index contributed by atoms with van der Waals surface area (Å²) in [5.74, 6) is 1.25. The van der Waals surface area contributed by atoms with Crippen molar-refractivity contribution in [3.63, 3.8) is 0 Å². The van der Waals surface area contributed by atoms with Crippen molar-refractivity contribution in [2.45, 2.75) is 20.4 Å². The molecule has 0 aromatic carbocycles. The van der Waals surface area contributed by atoms with Crippen molar-refractivity contribution in [3.05, 3.63) is 29.2 Å². The molecule has 0 N–H and O–H groups in total. The smallest absolute Gasteiger partial charge is 0.200 e. The summed E-state index contributed by atoms with van der Waals surface area (Å²) in [4.78, 5) is 9.17. The summed E-state index contributed by atoms with van der Waals surface area (Å²) in [7, 11) is 3.71. The van der Waals surface area contributed by atoms with Crippen LogP contribution in [0.5, 0.6) is 0 Å². The van der Waals surface area contributed by atoms with E-state index in [-0.39, 0.29) is 0 Å². The van der Waals surface area contributed by atoms with Crippen molar-refractivity contribution in [1.82, 2.24) is 39.3 Å². The molecule has 0 saturated carbocycles. The van der Waals surface area contributed by atoms with Crippen molar-refractivity contribution in [2.75, 3.05) is 0 Å². The Morgan fingerprint density at radius 3 is 2.64 bits per heavy atom. The lowest BCUT2D eigenvalue weighted by Gasteiger charge is -2.03. The Labute approximate surface area is 149 Å². The van der Waals surface area contributed by atoms with Crippen molar-refractivity contribution in [3.8, 4) is 23.0 Å². The quantitative estimate of drug-likeness (QED) is 0.527. The van der Waals surface area contributed by atoms with Gasteiger partial charge >= 0.3 is 0 Å². The van der Waals surface area contributed by atoms with Gasteiger partial charge in [-0.3, -0.25) is 9.36 Å². The molecule has 0 fully saturated rings. The van der Waals surface area contributed by atoms with Crippen LogP contribution in [-0.2, 0) is 20.6 Å². The molecule has 25 heavy (non-hydrogen) atoms. The third kappa shape index (κ3) is 2.49. The van der Waals surface area contributed by atoms with E-state index in [1.54, 1.807) is 21.6 Å². The molecule has 0 spiro atoms. The Morgan fingerprint density at radius 1 is 1.08 bits per heavy atom. The highest BCUT2D eigenvalue weighted by atomic mass is 35.5. The Kier molecular flexibility index (Phi) is 3.57. The number of pyridine rings is 1. The molecule has 0 radical (unpaired) electrons. The summed E-state index contributed by atoms with van der Waals surface area (Å²) < 4.78 is 5.36. The molecule has 8 nitrogen and oxygen atoms in total. The van der Waals surface area contributed by atoms with E-state index in [9.17, 15) is 0 Å². The second-order valence-corrected chi connectivity index (χ2v) is 6.25. The van der Waals surface area contributed by atoms with Gasteiger partial charge in [-0.25, -0.2) is 14.6 Å². The summed E-state index contributed by atoms with van der Waals surface area (Å²) in [6, 6.07) is 3.77. The molecule has 0 unspecified atom stereocenters. The Bertz CT molecular complexity index is 1090. The molecule has 4 aromatic heterocycles. The van der Waals surface area contributed by atoms with Crippen LogP contribution in [0.3, 0.4) is 0 Å². The molecule has 4 heterocycles. The Balaban J connectivity index is 1.92. The number of fused-ring (bicyclic) bond motifs is 1. The van der Waals surface area contributed by atoms with E-state index in [1.807, 2.05) is 38.7 Å². The third-order valence-electron chi connectivity index (χ3n) is 4.12. The van der Waals surface area contributed by atoms with Crippen LogP contribution in [0.15, 0.2) is 18.3 Å². The number of hydrogen-bond donors (Lipinski definition) is 0. The van der Waals surface area contributed by atoms with Crippen LogP contribution in [0.1, 0.15) is 12.6 Å². The van der Waals surface area contributed by atoms with Crippen molar-refractivity contribution in [1.29, 1.82) is 0 Å². The fourth-order valence-corrected chi connectivity index (χ4v) is 3.14. The van der Waals surface area contributed by atoms with E-state index in [0.717, 1.165) is 28.8 Å². The molecule has 0 amide bonds. The van der Waals surface area contributed by atoms with Gasteiger partial charge in [-0.1, -0.05) is 11.6 Å². The lowest BCUT2D eigenvalue weighted by Crippen LogP contribution is -2.00. The summed E-state index contributed by atoms with van der Waals surface area (Å²) >= 11 is 6.21. The lowest BCUT2D eigenvalue weighted by atomic mass is 10.2. The second kappa shape index (κ2) is 5.66. The van der Waals surface area contributed by atoms with Crippen molar-refractivity contribution in [2.24, 2.45) is 14.1 Å². The highest BCUT2D eigenvalue weighted by molar-refractivity contribution is 6.30. The highest BCUT2D eigenvalue weighted by Crippen LogP contribution is 2.29. The van der Waals surface area contributed by atoms with E-state index >= 15 is 0 Å². The minimum Gasteiger partial charge on any atom is -0.268 e. The first-order valence-electron chi connectivity index (χ1n) is 7.92. The van der Waals surface area contributed by atoms with E-state index in [1.165, 1.54) is 0 Å². The van der Waals surface area contributed by atoms with Crippen LogP contribution in [0.2, 0.25) is 5.15 Å². The van der Waals surface area contributed by atoms with Crippen LogP contribution < -0.4 is 0 Å². The summed E-state index contributed by atoms with van der Waals surface area (Å²) in [6.45, 7) is 4.74. The third-order valence-corrected chi connectivity index (χ3v) is 4.31. The monoisotopic (exact) mass is 356 g/mol. The molecule has 0 aliphatic rings. The number of hydrogen-bond acceptors (Lipinski definition) is 5. The topological polar surface area (TPSA) is 79.2 Å². The van der Waals surface area contributed by atoms with E-state index < -0.39 is 0 Å². The molecule has 4 aromatic rings. The number of aromatic nitrogens is 8. The first kappa shape index (κ1) is 15.8. The predicted octanol–water partition coefficient (Wildman–Crippen LogP) is 2.61. The summed E-state index contributed by atoms with van der Waals surface area (Å²) in [5.41, 5.74) is 3.37. The van der Waals surface area contributed by atoms with Crippen molar-refractivity contribution < 1.29 is 0 Å². The second-order valence-electron chi connectivity index (χ2n) is 5.86. The van der Waals surface area contributed by atoms with Gasteiger partial charge in [-0.15, -0.1) is 5.10 Å². The first-order chi connectivity index (χ1) is 12.0. The molecule has 0 atom stereocenters. The van der Waals surface area contributed by atoms with Gasteiger partial charge in [0.15, 0.2) is 11.6 Å². The normalized spacial score (nSPS) is 11.6. The van der Waals surface area contributed by atoms with Gasteiger partial charge < -0.3 is 0 Å². The van der Waals surface area contributed by atoms with Crippen LogP contribution in [0, 0.1) is 6.92 Å². The summed E-state index contributed by atoms with van der Waals surface area (Å²) in [5, 5.41) is 14.6. The van der Waals surface area contributed by atoms with Gasteiger partial charge in [0.2, 0.25) is 0 Å². The fraction of sp³-hybridized carbons (Fsp3) is 0.312. The van der Waals surface area contributed by atoms with Gasteiger partial charge in [0.25, 0.3) is 0 Å². The molecular formula is C16H17ClN8. The highest BCUT2D eigenvalue weighted by Gasteiger charge is 2.19. The Morgan fingerprint density at radius 2 is 1.88 bits per heavy atom. The van der Waals surface area contributed by atoms with Crippen LogP contribution in [0.25, 0.3) is 33.9 Å². The average Bonchev–Trinajstić information content (AvgIpc) is 3.24. The molecular weight excluding hydrogens is 340 g/mol. The number of nitrogens with zero attached hydrogens (tertiary/aromatic N) is 8. The SMILES string of the molecule is CCn1nc(C)cc1-c1nc(-c2nc(Cl)cc3c2cnn3C)n(C)n1. The molecule has 0 aliphatic heterocycles. The van der Waals surface area contributed by atoms with E-state index in [2.05, 4.69) is 20.3 Å². The molecule has 0 bridgehead atoms. The van der Waals surface area contributed by atoms with Gasteiger partial charge in [0.1, 0.15) is 16.5 Å². The maximum absolute atomic E-state index is 6.21. The zero-order valence-corrected chi connectivity index (χ0v) is 15.2. The predicted molar refractivity (Wildman–Crippen MR) is 95.1 cm³/mol. The molecule has 128 valence electrons. The maximum atomic E-state index is 6.21. The summed E-state index contributed by atoms with van der Waals surface area (Å²) in [6.07, 6.45) is 1.77. The maximum Gasteiger partial charge on any atom is 0.200 e. The molecule has 9 heteroatoms. The number of rotatable bonds is 3. The molecule has 0 saturated heterocycles. The van der Waals surface area contributed by atoms with Gasteiger partial charge in [-0.2, -0.15) is 10.2 Å². The van der Waals surface area contributed by atoms with Crippen LogP contribution in [0.4, 0.5) is 0 Å². The van der Waals surface area contributed by atoms with Gasteiger partial charge in [0.05, 0.1) is 17.4 Å². The minimum atomic E-state index is 0.394. The largest absolute Gasteiger partial charge is 0.268 e. The van der Waals surface area contributed by atoms with E-state index in [0.29, 0.717) is 22.5 Å². The molecule has 4 rings (SSSR count). The average molecular weight is 357 g/mol. The van der Waals surface area contributed by atoms with Crippen molar-refractivity contribution >= 4 is 22.5 Å². The standard InChI is InChI=1S/C16H17ClN8/c1-5-25-12(6-9(2)21-25)15-20-16(24(4)22-15)14-10-8-18-23(3)11(10)7-13(17)19-14/h6-8H,5H2,1-4H3. The van der Waals surface area contributed by atoms with Crippen LogP contribution >= 0.6 is 11.6 Å². The fourth-order valence-electron chi connectivity index (χ4n) is 2.95. The minimum absolute atomic E-state index is 0.394.